The highest BCUT2D eigenvalue weighted by Crippen LogP contribution is 2.48. The van der Waals surface area contributed by atoms with Crippen molar-refractivity contribution in [1.82, 2.24) is 0 Å². The summed E-state index contributed by atoms with van der Waals surface area (Å²) < 4.78 is 6.34. The van der Waals surface area contributed by atoms with Crippen LogP contribution in [-0.2, 0) is 0 Å². The van der Waals surface area contributed by atoms with Crippen LogP contribution in [0.1, 0.15) is 0 Å². The van der Waals surface area contributed by atoms with Crippen LogP contribution in [0, 0.1) is 0 Å². The van der Waals surface area contributed by atoms with Crippen molar-refractivity contribution in [1.29, 1.82) is 0 Å². The van der Waals surface area contributed by atoms with Gasteiger partial charge in [0.25, 0.3) is 0 Å². The van der Waals surface area contributed by atoms with Gasteiger partial charge in [0.15, 0.2) is 0 Å². The predicted molar refractivity (Wildman–Crippen MR) is 189 cm³/mol. The molecule has 0 bridgehead atoms. The van der Waals surface area contributed by atoms with Crippen LogP contribution in [0.4, 0.5) is 0 Å². The van der Waals surface area contributed by atoms with E-state index in [1.165, 1.54) is 82.0 Å². The van der Waals surface area contributed by atoms with Gasteiger partial charge in [0, 0.05) is 10.9 Å². The fourth-order valence-electron chi connectivity index (χ4n) is 7.51. The summed E-state index contributed by atoms with van der Waals surface area (Å²) in [5.41, 5.74) is 9.76. The van der Waals surface area contributed by atoms with Crippen LogP contribution in [0.5, 0.6) is 11.5 Å². The van der Waals surface area contributed by atoms with Gasteiger partial charge >= 0.3 is 0 Å². The van der Waals surface area contributed by atoms with Gasteiger partial charge in [-0.2, -0.15) is 0 Å². The molecule has 1 nitrogen and oxygen atoms in total. The second kappa shape index (κ2) is 9.29. The minimum absolute atomic E-state index is 0.908. The average molecular weight is 571 g/mol. The molecule has 9 aromatic rings. The highest BCUT2D eigenvalue weighted by Gasteiger charge is 2.20. The van der Waals surface area contributed by atoms with E-state index >= 15 is 0 Å². The fourth-order valence-corrected chi connectivity index (χ4v) is 7.51. The first-order chi connectivity index (χ1) is 22.3. The lowest BCUT2D eigenvalue weighted by Crippen LogP contribution is -1.97. The maximum absolute atomic E-state index is 6.34. The Morgan fingerprint density at radius 3 is 1.58 bits per heavy atom. The number of rotatable bonds is 3. The SMILES string of the molecule is c1ccc(-c2ccc3ccc4c(-c5ccc(-c6ccc7c(c6)-c6cccc8cccc(c68)O7)cc5)ccc5ccc2c3c54)cc1. The van der Waals surface area contributed by atoms with Crippen molar-refractivity contribution in [2.45, 2.75) is 0 Å². The molecule has 45 heavy (non-hydrogen) atoms. The third-order valence-corrected chi connectivity index (χ3v) is 9.63. The van der Waals surface area contributed by atoms with Gasteiger partial charge in [-0.05, 0) is 94.8 Å². The number of hydrogen-bond acceptors (Lipinski definition) is 1. The Morgan fingerprint density at radius 1 is 0.289 bits per heavy atom. The average Bonchev–Trinajstić information content (AvgIpc) is 3.11. The first kappa shape index (κ1) is 24.5. The monoisotopic (exact) mass is 570 g/mol. The molecule has 1 heteroatoms. The lowest BCUT2D eigenvalue weighted by atomic mass is 9.87. The second-order valence-corrected chi connectivity index (χ2v) is 12.1. The molecule has 1 aliphatic rings. The maximum Gasteiger partial charge on any atom is 0.135 e. The smallest absolute Gasteiger partial charge is 0.135 e. The van der Waals surface area contributed by atoms with Crippen LogP contribution in [0.25, 0.3) is 87.6 Å². The number of hydrogen-bond donors (Lipinski definition) is 0. The van der Waals surface area contributed by atoms with Crippen LogP contribution in [0.2, 0.25) is 0 Å². The zero-order chi connectivity index (χ0) is 29.5. The number of fused-ring (bicyclic) bond motifs is 2. The quantitative estimate of drug-likeness (QED) is 0.192. The van der Waals surface area contributed by atoms with Crippen LogP contribution >= 0.6 is 0 Å². The summed E-state index contributed by atoms with van der Waals surface area (Å²) in [6.07, 6.45) is 0. The van der Waals surface area contributed by atoms with Gasteiger partial charge in [0.05, 0.1) is 0 Å². The van der Waals surface area contributed by atoms with E-state index in [1.807, 2.05) is 0 Å². The Kier molecular flexibility index (Phi) is 5.06. The minimum Gasteiger partial charge on any atom is -0.456 e. The Labute approximate surface area is 260 Å². The molecule has 1 heterocycles. The van der Waals surface area contributed by atoms with Crippen LogP contribution in [0.3, 0.4) is 0 Å². The standard InChI is InChI=1S/C44H26O/c1-2-6-28(7-3-1)34-21-16-31-19-24-38-35(22-17-32-18-23-37(34)43(31)44(32)38)29-14-12-27(13-15-29)33-20-25-40-39(26-33)36-10-4-8-30-9-5-11-41(45-40)42(30)36/h1-26H. The van der Waals surface area contributed by atoms with Crippen molar-refractivity contribution >= 4 is 43.1 Å². The first-order valence-corrected chi connectivity index (χ1v) is 15.5. The summed E-state index contributed by atoms with van der Waals surface area (Å²) >= 11 is 0. The summed E-state index contributed by atoms with van der Waals surface area (Å²) in [6, 6.07) is 57.3. The molecule has 0 aromatic heterocycles. The predicted octanol–water partition coefficient (Wildman–Crippen LogP) is 12.5. The van der Waals surface area contributed by atoms with Crippen LogP contribution in [0.15, 0.2) is 158 Å². The summed E-state index contributed by atoms with van der Waals surface area (Å²) in [4.78, 5) is 0. The molecule has 0 radical (unpaired) electrons. The van der Waals surface area contributed by atoms with Crippen LogP contribution in [-0.4, -0.2) is 0 Å². The van der Waals surface area contributed by atoms with E-state index in [0.717, 1.165) is 17.1 Å². The molecule has 0 aliphatic carbocycles. The zero-order valence-electron chi connectivity index (χ0n) is 24.4. The normalized spacial score (nSPS) is 12.2. The molecule has 0 unspecified atom stereocenters. The van der Waals surface area contributed by atoms with Crippen molar-refractivity contribution in [3.63, 3.8) is 0 Å². The molecule has 9 aromatic carbocycles. The van der Waals surface area contributed by atoms with Gasteiger partial charge in [0.1, 0.15) is 11.5 Å². The van der Waals surface area contributed by atoms with Gasteiger partial charge in [0.2, 0.25) is 0 Å². The topological polar surface area (TPSA) is 9.23 Å². The lowest BCUT2D eigenvalue weighted by molar-refractivity contribution is 0.487. The Bertz CT molecular complexity index is 2590. The molecule has 0 saturated heterocycles. The van der Waals surface area contributed by atoms with Crippen molar-refractivity contribution in [2.75, 3.05) is 0 Å². The van der Waals surface area contributed by atoms with Crippen molar-refractivity contribution in [2.24, 2.45) is 0 Å². The molecule has 10 rings (SSSR count). The van der Waals surface area contributed by atoms with E-state index in [0.29, 0.717) is 0 Å². The molecule has 0 amide bonds. The van der Waals surface area contributed by atoms with E-state index in [2.05, 4.69) is 158 Å². The molecule has 0 spiro atoms. The van der Waals surface area contributed by atoms with E-state index < -0.39 is 0 Å². The zero-order valence-corrected chi connectivity index (χ0v) is 24.4. The molecular weight excluding hydrogens is 544 g/mol. The number of benzene rings is 9. The molecule has 0 saturated carbocycles. The summed E-state index contributed by atoms with van der Waals surface area (Å²) in [5, 5.41) is 10.2. The molecule has 1 aliphatic heterocycles. The highest BCUT2D eigenvalue weighted by molar-refractivity contribution is 6.27. The van der Waals surface area contributed by atoms with Gasteiger partial charge < -0.3 is 4.74 Å². The van der Waals surface area contributed by atoms with Crippen LogP contribution < -0.4 is 4.74 Å². The molecule has 208 valence electrons. The summed E-state index contributed by atoms with van der Waals surface area (Å²) in [5.74, 6) is 1.84. The highest BCUT2D eigenvalue weighted by atomic mass is 16.5. The second-order valence-electron chi connectivity index (χ2n) is 12.1. The Balaban J connectivity index is 1.08. The van der Waals surface area contributed by atoms with Gasteiger partial charge in [-0.1, -0.05) is 140 Å². The van der Waals surface area contributed by atoms with Gasteiger partial charge in [-0.3, -0.25) is 0 Å². The van der Waals surface area contributed by atoms with E-state index in [1.54, 1.807) is 0 Å². The minimum atomic E-state index is 0.908. The summed E-state index contributed by atoms with van der Waals surface area (Å²) in [7, 11) is 0. The van der Waals surface area contributed by atoms with E-state index in [4.69, 9.17) is 4.74 Å². The van der Waals surface area contributed by atoms with Crippen molar-refractivity contribution in [3.8, 4) is 56.0 Å². The lowest BCUT2D eigenvalue weighted by Gasteiger charge is -2.22. The van der Waals surface area contributed by atoms with Crippen molar-refractivity contribution < 1.29 is 4.74 Å². The van der Waals surface area contributed by atoms with Gasteiger partial charge in [-0.25, -0.2) is 0 Å². The Hall–Kier alpha value is -5.92. The third-order valence-electron chi connectivity index (χ3n) is 9.63. The number of ether oxygens (including phenoxy) is 1. The molecule has 0 N–H and O–H groups in total. The Morgan fingerprint density at radius 2 is 0.867 bits per heavy atom. The van der Waals surface area contributed by atoms with E-state index in [-0.39, 0.29) is 0 Å². The molecular formula is C44H26O. The van der Waals surface area contributed by atoms with E-state index in [9.17, 15) is 0 Å². The largest absolute Gasteiger partial charge is 0.456 e. The molecule has 0 fully saturated rings. The first-order valence-electron chi connectivity index (χ1n) is 15.5. The third kappa shape index (κ3) is 3.62. The maximum atomic E-state index is 6.34. The van der Waals surface area contributed by atoms with Crippen molar-refractivity contribution in [3.05, 3.63) is 158 Å². The molecule has 0 atom stereocenters. The fraction of sp³-hybridized carbons (Fsp3) is 0. The summed E-state index contributed by atoms with van der Waals surface area (Å²) in [6.45, 7) is 0. The van der Waals surface area contributed by atoms with Gasteiger partial charge in [-0.15, -0.1) is 0 Å².